The second-order valence-corrected chi connectivity index (χ2v) is 4.29. The van der Waals surface area contributed by atoms with Crippen molar-refractivity contribution < 1.29 is 13.2 Å². The Bertz CT molecular complexity index is 365. The molecule has 0 fully saturated rings. The molecule has 0 bridgehead atoms. The average molecular weight is 234 g/mol. The molecule has 0 saturated carbocycles. The molecule has 0 aliphatic carbocycles. The molecule has 0 aromatic carbocycles. The quantitative estimate of drug-likeness (QED) is 0.747. The van der Waals surface area contributed by atoms with Crippen LogP contribution in [-0.2, 0) is 11.9 Å². The van der Waals surface area contributed by atoms with E-state index >= 15 is 0 Å². The normalized spacial score (nSPS) is 16.5. The molecule has 0 amide bonds. The highest BCUT2D eigenvalue weighted by molar-refractivity contribution is 7.98. The molecule has 15 heavy (non-hydrogen) atoms. The van der Waals surface area contributed by atoms with Crippen LogP contribution in [0.3, 0.4) is 0 Å². The van der Waals surface area contributed by atoms with Crippen LogP contribution in [0, 0.1) is 0 Å². The standard InChI is InChI=1S/C9H9F3N2S/c10-9(11,12)7-2-1-6-5-15-4-3-13-8(6)14-7/h1-2H,3-5H2,(H,13,14). The molecule has 0 unspecified atom stereocenters. The van der Waals surface area contributed by atoms with E-state index in [1.54, 1.807) is 11.8 Å². The van der Waals surface area contributed by atoms with Crippen LogP contribution in [0.5, 0.6) is 0 Å². The molecule has 1 aromatic heterocycles. The molecule has 0 atom stereocenters. The zero-order valence-electron chi connectivity index (χ0n) is 7.77. The minimum atomic E-state index is -4.36. The lowest BCUT2D eigenvalue weighted by Crippen LogP contribution is -2.11. The first-order chi connectivity index (χ1) is 7.07. The van der Waals surface area contributed by atoms with Crippen LogP contribution in [-0.4, -0.2) is 17.3 Å². The molecular weight excluding hydrogens is 225 g/mol. The van der Waals surface area contributed by atoms with Gasteiger partial charge in [-0.1, -0.05) is 6.07 Å². The van der Waals surface area contributed by atoms with Crippen molar-refractivity contribution in [2.75, 3.05) is 17.6 Å². The zero-order valence-corrected chi connectivity index (χ0v) is 8.58. The Balaban J connectivity index is 2.36. The van der Waals surface area contributed by atoms with E-state index < -0.39 is 11.9 Å². The Morgan fingerprint density at radius 1 is 1.33 bits per heavy atom. The number of nitrogens with one attached hydrogen (secondary N) is 1. The lowest BCUT2D eigenvalue weighted by molar-refractivity contribution is -0.141. The number of pyridine rings is 1. The van der Waals surface area contributed by atoms with Gasteiger partial charge in [-0.3, -0.25) is 0 Å². The maximum absolute atomic E-state index is 12.4. The number of anilines is 1. The van der Waals surface area contributed by atoms with Gasteiger partial charge < -0.3 is 5.32 Å². The Morgan fingerprint density at radius 3 is 2.87 bits per heavy atom. The molecule has 1 aliphatic heterocycles. The number of nitrogens with zero attached hydrogens (tertiary/aromatic N) is 1. The molecule has 82 valence electrons. The smallest absolute Gasteiger partial charge is 0.369 e. The number of alkyl halides is 3. The fourth-order valence-electron chi connectivity index (χ4n) is 1.34. The van der Waals surface area contributed by atoms with Crippen molar-refractivity contribution in [3.05, 3.63) is 23.4 Å². The van der Waals surface area contributed by atoms with E-state index in [0.29, 0.717) is 18.1 Å². The summed E-state index contributed by atoms with van der Waals surface area (Å²) in [6.45, 7) is 0.659. The monoisotopic (exact) mass is 234 g/mol. The van der Waals surface area contributed by atoms with E-state index in [9.17, 15) is 13.2 Å². The van der Waals surface area contributed by atoms with E-state index in [1.165, 1.54) is 6.07 Å². The topological polar surface area (TPSA) is 24.9 Å². The van der Waals surface area contributed by atoms with Crippen molar-refractivity contribution in [3.63, 3.8) is 0 Å². The predicted octanol–water partition coefficient (Wildman–Crippen LogP) is 2.76. The molecule has 1 aliphatic rings. The summed E-state index contributed by atoms with van der Waals surface area (Å²) in [4.78, 5) is 3.60. The van der Waals surface area contributed by atoms with Crippen LogP contribution < -0.4 is 5.32 Å². The average Bonchev–Trinajstić information content (AvgIpc) is 2.39. The van der Waals surface area contributed by atoms with Crippen molar-refractivity contribution in [2.45, 2.75) is 11.9 Å². The number of rotatable bonds is 0. The Morgan fingerprint density at radius 2 is 2.13 bits per heavy atom. The number of hydrogen-bond acceptors (Lipinski definition) is 3. The van der Waals surface area contributed by atoms with Gasteiger partial charge in [0.25, 0.3) is 0 Å². The van der Waals surface area contributed by atoms with E-state index in [2.05, 4.69) is 10.3 Å². The molecule has 6 heteroatoms. The summed E-state index contributed by atoms with van der Waals surface area (Å²) in [6, 6.07) is 2.53. The van der Waals surface area contributed by atoms with Gasteiger partial charge in [0.1, 0.15) is 11.5 Å². The number of halogens is 3. The minimum absolute atomic E-state index is 0.370. The van der Waals surface area contributed by atoms with Crippen molar-refractivity contribution in [3.8, 4) is 0 Å². The maximum atomic E-state index is 12.4. The van der Waals surface area contributed by atoms with Crippen molar-refractivity contribution in [1.29, 1.82) is 0 Å². The second kappa shape index (κ2) is 3.92. The number of aromatic nitrogens is 1. The van der Waals surface area contributed by atoms with Crippen molar-refractivity contribution in [2.24, 2.45) is 0 Å². The van der Waals surface area contributed by atoms with E-state index in [4.69, 9.17) is 0 Å². The van der Waals surface area contributed by atoms with E-state index in [-0.39, 0.29) is 0 Å². The van der Waals surface area contributed by atoms with Crippen LogP contribution in [0.15, 0.2) is 12.1 Å². The molecular formula is C9H9F3N2S. The lowest BCUT2D eigenvalue weighted by atomic mass is 10.2. The van der Waals surface area contributed by atoms with Gasteiger partial charge in [-0.05, 0) is 6.07 Å². The second-order valence-electron chi connectivity index (χ2n) is 3.18. The summed E-state index contributed by atoms with van der Waals surface area (Å²) in [5.41, 5.74) is 0.00569. The van der Waals surface area contributed by atoms with Gasteiger partial charge in [0.15, 0.2) is 0 Å². The van der Waals surface area contributed by atoms with Gasteiger partial charge in [-0.15, -0.1) is 0 Å². The largest absolute Gasteiger partial charge is 0.433 e. The van der Waals surface area contributed by atoms with Gasteiger partial charge in [0, 0.05) is 23.6 Å². The first-order valence-corrected chi connectivity index (χ1v) is 5.61. The Hall–Kier alpha value is -0.910. The molecule has 2 rings (SSSR count). The third-order valence-electron chi connectivity index (χ3n) is 2.07. The number of hydrogen-bond donors (Lipinski definition) is 1. The van der Waals surface area contributed by atoms with Crippen LogP contribution in [0.2, 0.25) is 0 Å². The Labute approximate surface area is 89.3 Å². The summed E-state index contributed by atoms with van der Waals surface area (Å²) >= 11 is 1.69. The lowest BCUT2D eigenvalue weighted by Gasteiger charge is -2.10. The minimum Gasteiger partial charge on any atom is -0.369 e. The molecule has 2 heterocycles. The van der Waals surface area contributed by atoms with Crippen molar-refractivity contribution >= 4 is 17.6 Å². The molecule has 0 saturated heterocycles. The highest BCUT2D eigenvalue weighted by Crippen LogP contribution is 2.31. The molecule has 1 N–H and O–H groups in total. The third kappa shape index (κ3) is 2.37. The summed E-state index contributed by atoms with van der Waals surface area (Å²) in [6.07, 6.45) is -4.36. The number of thioether (sulfide) groups is 1. The van der Waals surface area contributed by atoms with E-state index in [1.807, 2.05) is 0 Å². The summed E-state index contributed by atoms with van der Waals surface area (Å²) in [5, 5.41) is 2.91. The van der Waals surface area contributed by atoms with Crippen LogP contribution >= 0.6 is 11.8 Å². The first-order valence-electron chi connectivity index (χ1n) is 4.46. The molecule has 0 spiro atoms. The SMILES string of the molecule is FC(F)(F)c1ccc2c(n1)NCCSC2. The highest BCUT2D eigenvalue weighted by atomic mass is 32.2. The van der Waals surface area contributed by atoms with Gasteiger partial charge in [-0.25, -0.2) is 4.98 Å². The van der Waals surface area contributed by atoms with Gasteiger partial charge in [0.05, 0.1) is 0 Å². The fraction of sp³-hybridized carbons (Fsp3) is 0.444. The van der Waals surface area contributed by atoms with Gasteiger partial charge >= 0.3 is 6.18 Å². The van der Waals surface area contributed by atoms with Gasteiger partial charge in [0.2, 0.25) is 0 Å². The summed E-state index contributed by atoms with van der Waals surface area (Å²) in [5.74, 6) is 1.97. The highest BCUT2D eigenvalue weighted by Gasteiger charge is 2.33. The van der Waals surface area contributed by atoms with Crippen LogP contribution in [0.1, 0.15) is 11.3 Å². The van der Waals surface area contributed by atoms with E-state index in [0.717, 1.165) is 17.4 Å². The summed E-state index contributed by atoms with van der Waals surface area (Å²) < 4.78 is 37.1. The maximum Gasteiger partial charge on any atom is 0.433 e. The summed E-state index contributed by atoms with van der Waals surface area (Å²) in [7, 11) is 0. The zero-order chi connectivity index (χ0) is 10.9. The Kier molecular flexibility index (Phi) is 2.77. The predicted molar refractivity (Wildman–Crippen MR) is 53.9 cm³/mol. The van der Waals surface area contributed by atoms with Crippen LogP contribution in [0.4, 0.5) is 19.0 Å². The number of fused-ring (bicyclic) bond motifs is 1. The van der Waals surface area contributed by atoms with Crippen molar-refractivity contribution in [1.82, 2.24) is 4.98 Å². The van der Waals surface area contributed by atoms with Crippen LogP contribution in [0.25, 0.3) is 0 Å². The fourth-order valence-corrected chi connectivity index (χ4v) is 2.18. The molecule has 0 radical (unpaired) electrons. The van der Waals surface area contributed by atoms with Gasteiger partial charge in [-0.2, -0.15) is 24.9 Å². The third-order valence-corrected chi connectivity index (χ3v) is 3.07. The molecule has 2 nitrogen and oxygen atoms in total. The first kappa shape index (κ1) is 10.6. The molecule has 1 aromatic rings.